The van der Waals surface area contributed by atoms with E-state index in [1.165, 1.54) is 11.8 Å². The van der Waals surface area contributed by atoms with E-state index >= 15 is 0 Å². The van der Waals surface area contributed by atoms with Crippen molar-refractivity contribution >= 4 is 27.6 Å². The van der Waals surface area contributed by atoms with Crippen LogP contribution in [0.5, 0.6) is 0 Å². The molecule has 0 saturated carbocycles. The second-order valence-corrected chi connectivity index (χ2v) is 8.73. The third-order valence-electron chi connectivity index (χ3n) is 4.97. The summed E-state index contributed by atoms with van der Waals surface area (Å²) in [5.74, 6) is -1.88. The highest BCUT2D eigenvalue weighted by molar-refractivity contribution is 7.98. The zero-order chi connectivity index (χ0) is 21.2. The predicted molar refractivity (Wildman–Crippen MR) is 104 cm³/mol. The molecule has 2 aliphatic heterocycles. The van der Waals surface area contributed by atoms with Crippen molar-refractivity contribution in [3.63, 3.8) is 0 Å². The highest BCUT2D eigenvalue weighted by Crippen LogP contribution is 2.45. The predicted octanol–water partition coefficient (Wildman–Crippen LogP) is 1.60. The molecule has 2 heterocycles. The van der Waals surface area contributed by atoms with Crippen LogP contribution in [0.1, 0.15) is 32.3 Å². The highest BCUT2D eigenvalue weighted by Gasteiger charge is 2.56. The number of esters is 1. The molecule has 0 spiro atoms. The molecule has 1 aromatic carbocycles. The van der Waals surface area contributed by atoms with Gasteiger partial charge >= 0.3 is 5.97 Å². The number of fused-ring (bicyclic) bond motifs is 1. The van der Waals surface area contributed by atoms with Gasteiger partial charge in [-0.05, 0) is 12.0 Å². The maximum Gasteiger partial charge on any atom is 0.356 e. The van der Waals surface area contributed by atoms with Crippen LogP contribution >= 0.6 is 0 Å². The van der Waals surface area contributed by atoms with Gasteiger partial charge in [0.25, 0.3) is 0 Å². The molecule has 29 heavy (non-hydrogen) atoms. The van der Waals surface area contributed by atoms with Gasteiger partial charge in [-0.2, -0.15) is 0 Å². The summed E-state index contributed by atoms with van der Waals surface area (Å²) in [6.07, 6.45) is 1.61. The number of carbonyl (C=O) groups is 3. The minimum atomic E-state index is -4.02. The van der Waals surface area contributed by atoms with Crippen LogP contribution in [-0.2, 0) is 35.6 Å². The van der Waals surface area contributed by atoms with Crippen LogP contribution in [0.15, 0.2) is 52.5 Å². The quantitative estimate of drug-likeness (QED) is 0.532. The summed E-state index contributed by atoms with van der Waals surface area (Å²) >= 11 is 0. The number of β-lactam (4-membered cyclic amide) rings is 1. The molecule has 1 N–H and O–H groups in total. The van der Waals surface area contributed by atoms with E-state index in [0.29, 0.717) is 6.42 Å². The summed E-state index contributed by atoms with van der Waals surface area (Å²) in [5.41, 5.74) is 0.514. The average molecular weight is 418 g/mol. The molecule has 1 aromatic rings. The van der Waals surface area contributed by atoms with E-state index in [2.05, 4.69) is 5.32 Å². The van der Waals surface area contributed by atoms with Gasteiger partial charge in [-0.1, -0.05) is 37.3 Å². The van der Waals surface area contributed by atoms with E-state index in [-0.39, 0.29) is 41.5 Å². The number of amides is 2. The van der Waals surface area contributed by atoms with Gasteiger partial charge in [-0.15, -0.1) is 0 Å². The summed E-state index contributed by atoms with van der Waals surface area (Å²) in [5, 5.41) is 3.09. The summed E-state index contributed by atoms with van der Waals surface area (Å²) in [7, 11) is -4.02. The van der Waals surface area contributed by atoms with Crippen LogP contribution in [0.2, 0.25) is 0 Å². The number of nitrogens with one attached hydrogen (secondary N) is 1. The lowest BCUT2D eigenvalue weighted by Gasteiger charge is -2.43. The number of carbonyl (C=O) groups excluding carboxylic acids is 3. The van der Waals surface area contributed by atoms with Crippen LogP contribution in [0.25, 0.3) is 0 Å². The molecule has 1 saturated heterocycles. The maximum absolute atomic E-state index is 12.8. The number of sulfone groups is 1. The van der Waals surface area contributed by atoms with Gasteiger partial charge in [0, 0.05) is 19.5 Å². The maximum atomic E-state index is 12.8. The molecule has 0 radical (unpaired) electrons. The topological polar surface area (TPSA) is 110 Å². The zero-order valence-corrected chi connectivity index (χ0v) is 16.9. The van der Waals surface area contributed by atoms with Crippen LogP contribution in [-0.4, -0.2) is 37.1 Å². The fraction of sp³-hybridized carbons (Fsp3) is 0.350. The van der Waals surface area contributed by atoms with E-state index in [4.69, 9.17) is 4.74 Å². The molecule has 2 aliphatic rings. The van der Waals surface area contributed by atoms with Crippen molar-refractivity contribution in [3.05, 3.63) is 58.1 Å². The van der Waals surface area contributed by atoms with Crippen molar-refractivity contribution in [2.24, 2.45) is 5.92 Å². The molecule has 3 rings (SSSR count). The Morgan fingerprint density at radius 1 is 1.28 bits per heavy atom. The Morgan fingerprint density at radius 3 is 2.59 bits per heavy atom. The SMILES string of the molecule is CCC1C(=O)N2C(C(=O)OCc3ccccc3)=C(S(=O)(=O)C=CNC(C)=O)CC12. The number of hydrogen-bond acceptors (Lipinski definition) is 6. The van der Waals surface area contributed by atoms with Gasteiger partial charge in [-0.3, -0.25) is 9.59 Å². The van der Waals surface area contributed by atoms with E-state index in [1.54, 1.807) is 24.3 Å². The van der Waals surface area contributed by atoms with Gasteiger partial charge in [-0.25, -0.2) is 13.2 Å². The van der Waals surface area contributed by atoms with Gasteiger partial charge in [0.05, 0.1) is 22.3 Å². The lowest BCUT2D eigenvalue weighted by Crippen LogP contribution is -2.58. The van der Waals surface area contributed by atoms with Crippen molar-refractivity contribution in [1.82, 2.24) is 10.2 Å². The van der Waals surface area contributed by atoms with E-state index < -0.39 is 21.7 Å². The third kappa shape index (κ3) is 4.09. The zero-order valence-electron chi connectivity index (χ0n) is 16.1. The Bertz CT molecular complexity index is 997. The molecular weight excluding hydrogens is 396 g/mol. The molecule has 0 bridgehead atoms. The minimum absolute atomic E-state index is 0.0395. The van der Waals surface area contributed by atoms with Crippen LogP contribution in [0.4, 0.5) is 0 Å². The number of rotatable bonds is 7. The molecule has 8 nitrogen and oxygen atoms in total. The Labute approximate surface area is 169 Å². The molecule has 2 unspecified atom stereocenters. The summed E-state index contributed by atoms with van der Waals surface area (Å²) in [4.78, 5) is 37.3. The Balaban J connectivity index is 1.89. The first-order valence-corrected chi connectivity index (χ1v) is 10.8. The molecular formula is C20H22N2O6S. The molecule has 1 fully saturated rings. The molecule has 2 atom stereocenters. The first kappa shape index (κ1) is 20.8. The van der Waals surface area contributed by atoms with Crippen LogP contribution < -0.4 is 5.32 Å². The molecule has 154 valence electrons. The lowest BCUT2D eigenvalue weighted by atomic mass is 9.85. The van der Waals surface area contributed by atoms with Gasteiger partial charge < -0.3 is 15.0 Å². The monoisotopic (exact) mass is 418 g/mol. The number of hydrogen-bond donors (Lipinski definition) is 1. The Kier molecular flexibility index (Phi) is 5.88. The molecule has 9 heteroatoms. The van der Waals surface area contributed by atoms with Gasteiger partial charge in [0.2, 0.25) is 11.8 Å². The summed E-state index contributed by atoms with van der Waals surface area (Å²) in [6, 6.07) is 8.59. The first-order chi connectivity index (χ1) is 13.8. The second-order valence-electron chi connectivity index (χ2n) is 6.88. The van der Waals surface area contributed by atoms with Gasteiger partial charge in [0.1, 0.15) is 12.3 Å². The first-order valence-electron chi connectivity index (χ1n) is 9.22. The summed E-state index contributed by atoms with van der Waals surface area (Å²) in [6.45, 7) is 3.05. The van der Waals surface area contributed by atoms with Crippen LogP contribution in [0.3, 0.4) is 0 Å². The van der Waals surface area contributed by atoms with Crippen LogP contribution in [0, 0.1) is 5.92 Å². The van der Waals surface area contributed by atoms with Crippen molar-refractivity contribution in [2.75, 3.05) is 0 Å². The number of ether oxygens (including phenoxy) is 1. The standard InChI is InChI=1S/C20H22N2O6S/c1-3-15-16-11-17(29(26,27)10-9-21-13(2)23)18(22(16)19(15)24)20(25)28-12-14-7-5-4-6-8-14/h4-10,15-16H,3,11-12H2,1-2H3,(H,21,23). The lowest BCUT2D eigenvalue weighted by molar-refractivity contribution is -0.157. The van der Waals surface area contributed by atoms with Gasteiger partial charge in [0.15, 0.2) is 9.84 Å². The van der Waals surface area contributed by atoms with E-state index in [0.717, 1.165) is 17.2 Å². The smallest absolute Gasteiger partial charge is 0.356 e. The normalized spacial score (nSPS) is 21.2. The molecule has 2 amide bonds. The highest BCUT2D eigenvalue weighted by atomic mass is 32.2. The Hall–Kier alpha value is -2.94. The van der Waals surface area contributed by atoms with Crippen molar-refractivity contribution < 1.29 is 27.5 Å². The van der Waals surface area contributed by atoms with Crippen molar-refractivity contribution in [1.29, 1.82) is 0 Å². The average Bonchev–Trinajstić information content (AvgIpc) is 3.03. The molecule has 0 aliphatic carbocycles. The van der Waals surface area contributed by atoms with Crippen molar-refractivity contribution in [3.8, 4) is 0 Å². The second kappa shape index (κ2) is 8.20. The van der Waals surface area contributed by atoms with E-state index in [9.17, 15) is 22.8 Å². The summed E-state index contributed by atoms with van der Waals surface area (Å²) < 4.78 is 30.9. The van der Waals surface area contributed by atoms with Crippen molar-refractivity contribution in [2.45, 2.75) is 39.3 Å². The Morgan fingerprint density at radius 2 is 1.97 bits per heavy atom. The minimum Gasteiger partial charge on any atom is -0.456 e. The third-order valence-corrected chi connectivity index (χ3v) is 6.51. The largest absolute Gasteiger partial charge is 0.456 e. The number of benzene rings is 1. The molecule has 0 aromatic heterocycles. The number of nitrogens with zero attached hydrogens (tertiary/aromatic N) is 1. The fourth-order valence-electron chi connectivity index (χ4n) is 3.56. The van der Waals surface area contributed by atoms with E-state index in [1.807, 2.05) is 13.0 Å². The fourth-order valence-corrected chi connectivity index (χ4v) is 4.83.